The van der Waals surface area contributed by atoms with Crippen LogP contribution in [0.2, 0.25) is 0 Å². The van der Waals surface area contributed by atoms with E-state index in [2.05, 4.69) is 26.0 Å². The number of hydrogen-bond acceptors (Lipinski definition) is 5. The molecule has 34 heavy (non-hydrogen) atoms. The summed E-state index contributed by atoms with van der Waals surface area (Å²) in [6.45, 7) is 7.39. The number of aliphatic hydroxyl groups excluding tert-OH is 1. The van der Waals surface area contributed by atoms with Crippen molar-refractivity contribution in [3.05, 3.63) is 23.8 Å². The average Bonchev–Trinajstić information content (AvgIpc) is 3.46. The molecule has 3 aliphatic rings. The van der Waals surface area contributed by atoms with Crippen molar-refractivity contribution in [3.63, 3.8) is 0 Å². The van der Waals surface area contributed by atoms with Gasteiger partial charge in [0.25, 0.3) is 0 Å². The Bertz CT molecular complexity index is 836. The van der Waals surface area contributed by atoms with Crippen molar-refractivity contribution in [2.75, 3.05) is 26.8 Å². The van der Waals surface area contributed by atoms with Crippen molar-refractivity contribution in [2.45, 2.75) is 96.4 Å². The molecule has 1 amide bonds. The molecule has 2 saturated carbocycles. The van der Waals surface area contributed by atoms with Crippen LogP contribution in [0.1, 0.15) is 83.6 Å². The zero-order valence-electron chi connectivity index (χ0n) is 21.4. The molecule has 5 atom stereocenters. The van der Waals surface area contributed by atoms with Crippen LogP contribution in [-0.4, -0.2) is 61.0 Å². The van der Waals surface area contributed by atoms with Gasteiger partial charge in [0.2, 0.25) is 5.91 Å². The highest BCUT2D eigenvalue weighted by atomic mass is 16.5. The lowest BCUT2D eigenvalue weighted by Gasteiger charge is -2.34. The van der Waals surface area contributed by atoms with E-state index in [0.29, 0.717) is 19.0 Å². The number of carbonyl (C=O) groups is 1. The molecule has 0 bridgehead atoms. The molecule has 3 fully saturated rings. The van der Waals surface area contributed by atoms with Crippen LogP contribution in [0.15, 0.2) is 18.2 Å². The lowest BCUT2D eigenvalue weighted by atomic mass is 9.72. The maximum Gasteiger partial charge on any atom is 0.248 e. The Labute approximate surface area is 204 Å². The van der Waals surface area contributed by atoms with Crippen molar-refractivity contribution in [2.24, 2.45) is 11.3 Å². The molecule has 1 aromatic rings. The number of likely N-dealkylation sites (tertiary alicyclic amines) is 1. The number of hydrogen-bond donors (Lipinski definition) is 1. The molecule has 1 N–H and O–H groups in total. The van der Waals surface area contributed by atoms with Gasteiger partial charge in [-0.2, -0.15) is 0 Å². The molecule has 1 saturated heterocycles. The minimum atomic E-state index is -0.559. The summed E-state index contributed by atoms with van der Waals surface area (Å²) in [6.07, 6.45) is 8.92. The van der Waals surface area contributed by atoms with Crippen LogP contribution >= 0.6 is 0 Å². The molecule has 1 heterocycles. The fourth-order valence-electron chi connectivity index (χ4n) is 6.11. The largest absolute Gasteiger partial charge is 0.493 e. The molecule has 1 aliphatic heterocycles. The monoisotopic (exact) mass is 473 g/mol. The minimum Gasteiger partial charge on any atom is -0.493 e. The lowest BCUT2D eigenvalue weighted by molar-refractivity contribution is -0.138. The first-order valence-electron chi connectivity index (χ1n) is 13.2. The standard InChI is InChI=1S/C28H43NO5/c1-19-8-7-11-23(14-19)33-17-27(31)29-16-24(28(3,18-29)20(2)30)21-12-13-25(32-4)26(15-21)34-22-9-5-6-10-22/h12-13,15,19-20,22-24,30H,5-11,14,16-18H2,1-4H3/t19-,20+,23?,24+,28+/m1/s1. The number of carbonyl (C=O) groups excluding carboxylic acids is 1. The lowest BCUT2D eigenvalue weighted by Crippen LogP contribution is -2.39. The van der Waals surface area contributed by atoms with Crippen LogP contribution in [0.25, 0.3) is 0 Å². The molecule has 0 spiro atoms. The van der Waals surface area contributed by atoms with E-state index in [1.807, 2.05) is 17.9 Å². The molecule has 190 valence electrons. The summed E-state index contributed by atoms with van der Waals surface area (Å²) in [5.41, 5.74) is 0.628. The smallest absolute Gasteiger partial charge is 0.248 e. The minimum absolute atomic E-state index is 0.00277. The molecule has 0 radical (unpaired) electrons. The zero-order valence-corrected chi connectivity index (χ0v) is 21.4. The van der Waals surface area contributed by atoms with E-state index in [4.69, 9.17) is 14.2 Å². The fourth-order valence-corrected chi connectivity index (χ4v) is 6.11. The Morgan fingerprint density at radius 2 is 1.88 bits per heavy atom. The molecule has 1 aromatic carbocycles. The topological polar surface area (TPSA) is 68.2 Å². The summed E-state index contributed by atoms with van der Waals surface area (Å²) >= 11 is 0. The number of benzene rings is 1. The first-order chi connectivity index (χ1) is 16.3. The van der Waals surface area contributed by atoms with Crippen LogP contribution in [0.4, 0.5) is 0 Å². The van der Waals surface area contributed by atoms with Gasteiger partial charge in [0.05, 0.1) is 25.4 Å². The fraction of sp³-hybridized carbons (Fsp3) is 0.750. The van der Waals surface area contributed by atoms with Crippen molar-refractivity contribution in [1.29, 1.82) is 0 Å². The first kappa shape index (κ1) is 25.3. The Balaban J connectivity index is 1.48. The first-order valence-corrected chi connectivity index (χ1v) is 13.2. The van der Waals surface area contributed by atoms with Crippen LogP contribution in [0.5, 0.6) is 11.5 Å². The Morgan fingerprint density at radius 1 is 1.15 bits per heavy atom. The highest BCUT2D eigenvalue weighted by Gasteiger charge is 2.48. The maximum absolute atomic E-state index is 13.1. The van der Waals surface area contributed by atoms with Crippen LogP contribution < -0.4 is 9.47 Å². The van der Waals surface area contributed by atoms with E-state index in [9.17, 15) is 9.90 Å². The number of ether oxygens (including phenoxy) is 3. The van der Waals surface area contributed by atoms with Gasteiger partial charge in [-0.25, -0.2) is 0 Å². The van der Waals surface area contributed by atoms with Gasteiger partial charge in [-0.15, -0.1) is 0 Å². The summed E-state index contributed by atoms with van der Waals surface area (Å²) in [4.78, 5) is 15.0. The molecule has 1 unspecified atom stereocenters. The van der Waals surface area contributed by atoms with Gasteiger partial charge in [-0.3, -0.25) is 4.79 Å². The molecule has 6 nitrogen and oxygen atoms in total. The second kappa shape index (κ2) is 10.9. The SMILES string of the molecule is COc1ccc([C@@H]2CN(C(=O)COC3CCC[C@@H](C)C3)C[C@@]2(C)[C@H](C)O)cc1OC1CCCC1. The third kappa shape index (κ3) is 5.54. The van der Waals surface area contributed by atoms with E-state index >= 15 is 0 Å². The zero-order chi connectivity index (χ0) is 24.3. The normalized spacial score (nSPS) is 31.0. The van der Waals surface area contributed by atoms with E-state index in [1.165, 1.54) is 25.7 Å². The molecule has 0 aromatic heterocycles. The maximum atomic E-state index is 13.1. The molecule has 4 rings (SSSR count). The van der Waals surface area contributed by atoms with Gasteiger partial charge in [0, 0.05) is 24.4 Å². The van der Waals surface area contributed by atoms with E-state index in [0.717, 1.165) is 42.7 Å². The molecular weight excluding hydrogens is 430 g/mol. The van der Waals surface area contributed by atoms with Gasteiger partial charge >= 0.3 is 0 Å². The number of amides is 1. The number of aliphatic hydroxyl groups is 1. The van der Waals surface area contributed by atoms with Gasteiger partial charge in [0.15, 0.2) is 11.5 Å². The predicted molar refractivity (Wildman–Crippen MR) is 132 cm³/mol. The summed E-state index contributed by atoms with van der Waals surface area (Å²) in [6, 6.07) is 6.08. The second-order valence-corrected chi connectivity index (χ2v) is 11.1. The third-order valence-corrected chi connectivity index (χ3v) is 8.55. The van der Waals surface area contributed by atoms with E-state index < -0.39 is 11.5 Å². The van der Waals surface area contributed by atoms with E-state index in [1.54, 1.807) is 7.11 Å². The number of nitrogens with zero attached hydrogens (tertiary/aromatic N) is 1. The molecule has 2 aliphatic carbocycles. The molecular formula is C28H43NO5. The van der Waals surface area contributed by atoms with Crippen molar-refractivity contribution >= 4 is 5.91 Å². The predicted octanol–water partition coefficient (Wildman–Crippen LogP) is 4.92. The summed E-state index contributed by atoms with van der Waals surface area (Å²) in [5.74, 6) is 2.18. The van der Waals surface area contributed by atoms with Crippen molar-refractivity contribution < 1.29 is 24.1 Å². The average molecular weight is 474 g/mol. The summed E-state index contributed by atoms with van der Waals surface area (Å²) in [7, 11) is 1.67. The summed E-state index contributed by atoms with van der Waals surface area (Å²) < 4.78 is 17.9. The van der Waals surface area contributed by atoms with Gasteiger partial charge in [-0.1, -0.05) is 32.8 Å². The second-order valence-electron chi connectivity index (χ2n) is 11.1. The number of methoxy groups -OCH3 is 1. The Hall–Kier alpha value is -1.79. The van der Waals surface area contributed by atoms with Gasteiger partial charge < -0.3 is 24.2 Å². The highest BCUT2D eigenvalue weighted by Crippen LogP contribution is 2.47. The van der Waals surface area contributed by atoms with Crippen molar-refractivity contribution in [1.82, 2.24) is 4.90 Å². The number of rotatable bonds is 8. The third-order valence-electron chi connectivity index (χ3n) is 8.55. The van der Waals surface area contributed by atoms with Gasteiger partial charge in [0.1, 0.15) is 6.61 Å². The van der Waals surface area contributed by atoms with Crippen LogP contribution in [0.3, 0.4) is 0 Å². The van der Waals surface area contributed by atoms with Crippen molar-refractivity contribution in [3.8, 4) is 11.5 Å². The van der Waals surface area contributed by atoms with Crippen LogP contribution in [0, 0.1) is 11.3 Å². The Morgan fingerprint density at radius 3 is 2.56 bits per heavy atom. The van der Waals surface area contributed by atoms with E-state index in [-0.39, 0.29) is 30.6 Å². The quantitative estimate of drug-likeness (QED) is 0.580. The van der Waals surface area contributed by atoms with Crippen LogP contribution in [-0.2, 0) is 9.53 Å². The molecule has 6 heteroatoms. The highest BCUT2D eigenvalue weighted by molar-refractivity contribution is 5.78. The van der Waals surface area contributed by atoms with Gasteiger partial charge in [-0.05, 0) is 69.1 Å². The summed E-state index contributed by atoms with van der Waals surface area (Å²) in [5, 5.41) is 10.8. The Kier molecular flexibility index (Phi) is 8.08.